The molecule has 0 amide bonds. The van der Waals surface area contributed by atoms with Crippen LogP contribution in [0.2, 0.25) is 0 Å². The van der Waals surface area contributed by atoms with Gasteiger partial charge in [-0.1, -0.05) is 30.3 Å². The lowest BCUT2D eigenvalue weighted by molar-refractivity contribution is 0.414. The molecule has 3 rings (SSSR count). The van der Waals surface area contributed by atoms with Crippen molar-refractivity contribution in [1.29, 1.82) is 0 Å². The standard InChI is InChI=1S/C18H14N2O3/c1-19-16-17(21)14-5-3-4-6-15(14)20(18(16)22)11-12-7-9-13(23-2)10-8-12/h3-10,21H,11H2,2H3. The Morgan fingerprint density at radius 3 is 2.52 bits per heavy atom. The van der Waals surface area contributed by atoms with Crippen molar-refractivity contribution in [1.82, 2.24) is 4.57 Å². The van der Waals surface area contributed by atoms with Gasteiger partial charge in [-0.3, -0.25) is 4.79 Å². The first-order valence-electron chi connectivity index (χ1n) is 7.00. The van der Waals surface area contributed by atoms with Crippen molar-refractivity contribution in [2.45, 2.75) is 6.54 Å². The lowest BCUT2D eigenvalue weighted by Gasteiger charge is -2.13. The number of pyridine rings is 1. The Morgan fingerprint density at radius 2 is 1.87 bits per heavy atom. The summed E-state index contributed by atoms with van der Waals surface area (Å²) in [5.41, 5.74) is 0.752. The zero-order valence-electron chi connectivity index (χ0n) is 12.5. The van der Waals surface area contributed by atoms with Gasteiger partial charge in [0, 0.05) is 11.9 Å². The van der Waals surface area contributed by atoms with Crippen LogP contribution in [0.1, 0.15) is 5.56 Å². The molecule has 0 saturated carbocycles. The number of rotatable bonds is 3. The Morgan fingerprint density at radius 1 is 1.17 bits per heavy atom. The maximum Gasteiger partial charge on any atom is 0.291 e. The van der Waals surface area contributed by atoms with Gasteiger partial charge in [0.2, 0.25) is 0 Å². The third-order valence-electron chi connectivity index (χ3n) is 3.73. The predicted octanol–water partition coefficient (Wildman–Crippen LogP) is 3.31. The second kappa shape index (κ2) is 5.85. The van der Waals surface area contributed by atoms with E-state index in [1.165, 1.54) is 4.57 Å². The molecule has 0 fully saturated rings. The van der Waals surface area contributed by atoms with Gasteiger partial charge in [0.25, 0.3) is 11.2 Å². The van der Waals surface area contributed by atoms with E-state index in [4.69, 9.17) is 11.3 Å². The average Bonchev–Trinajstić information content (AvgIpc) is 2.59. The second-order valence-corrected chi connectivity index (χ2v) is 5.07. The van der Waals surface area contributed by atoms with Crippen molar-refractivity contribution >= 4 is 16.6 Å². The van der Waals surface area contributed by atoms with Gasteiger partial charge in [0.05, 0.1) is 19.2 Å². The molecule has 1 aromatic heterocycles. The molecule has 1 heterocycles. The van der Waals surface area contributed by atoms with Crippen LogP contribution in [0, 0.1) is 6.57 Å². The van der Waals surface area contributed by atoms with Crippen LogP contribution in [0.15, 0.2) is 53.3 Å². The van der Waals surface area contributed by atoms with E-state index in [-0.39, 0.29) is 11.4 Å². The largest absolute Gasteiger partial charge is 0.518 e. The van der Waals surface area contributed by atoms with Crippen LogP contribution in [0.25, 0.3) is 15.7 Å². The minimum Gasteiger partial charge on any atom is -0.518 e. The van der Waals surface area contributed by atoms with Crippen LogP contribution in [0.4, 0.5) is 5.69 Å². The molecule has 0 aliphatic carbocycles. The highest BCUT2D eigenvalue weighted by molar-refractivity contribution is 5.90. The Hall–Kier alpha value is -3.26. The van der Waals surface area contributed by atoms with E-state index in [1.807, 2.05) is 24.3 Å². The van der Waals surface area contributed by atoms with Gasteiger partial charge in [0.15, 0.2) is 0 Å². The number of hydrogen-bond donors (Lipinski definition) is 1. The fourth-order valence-electron chi connectivity index (χ4n) is 2.55. The summed E-state index contributed by atoms with van der Waals surface area (Å²) in [6, 6.07) is 14.4. The van der Waals surface area contributed by atoms with E-state index in [0.717, 1.165) is 11.3 Å². The molecular weight excluding hydrogens is 292 g/mol. The van der Waals surface area contributed by atoms with E-state index >= 15 is 0 Å². The van der Waals surface area contributed by atoms with Crippen molar-refractivity contribution in [2.24, 2.45) is 0 Å². The minimum atomic E-state index is -0.494. The summed E-state index contributed by atoms with van der Waals surface area (Å²) in [6.07, 6.45) is 0. The first-order chi connectivity index (χ1) is 11.2. The number of aromatic hydroxyl groups is 1. The molecule has 114 valence electrons. The second-order valence-electron chi connectivity index (χ2n) is 5.07. The third-order valence-corrected chi connectivity index (χ3v) is 3.73. The number of benzene rings is 2. The molecule has 0 bridgehead atoms. The summed E-state index contributed by atoms with van der Waals surface area (Å²) in [5, 5.41) is 10.6. The molecule has 0 unspecified atom stereocenters. The summed E-state index contributed by atoms with van der Waals surface area (Å²) in [6.45, 7) is 7.48. The van der Waals surface area contributed by atoms with Crippen molar-refractivity contribution in [3.63, 3.8) is 0 Å². The topological polar surface area (TPSA) is 55.8 Å². The fraction of sp³-hybridized carbons (Fsp3) is 0.111. The highest BCUT2D eigenvalue weighted by Crippen LogP contribution is 2.31. The van der Waals surface area contributed by atoms with Crippen LogP contribution in [-0.2, 0) is 6.54 Å². The third kappa shape index (κ3) is 2.51. The molecule has 0 saturated heterocycles. The molecule has 0 aliphatic heterocycles. The summed E-state index contributed by atoms with van der Waals surface area (Å²) in [4.78, 5) is 15.7. The number of fused-ring (bicyclic) bond motifs is 1. The highest BCUT2D eigenvalue weighted by Gasteiger charge is 2.16. The molecule has 3 aromatic rings. The number of methoxy groups -OCH3 is 1. The van der Waals surface area contributed by atoms with Crippen LogP contribution >= 0.6 is 0 Å². The zero-order chi connectivity index (χ0) is 16.4. The van der Waals surface area contributed by atoms with Crippen LogP contribution in [0.3, 0.4) is 0 Å². The highest BCUT2D eigenvalue weighted by atomic mass is 16.5. The summed E-state index contributed by atoms with van der Waals surface area (Å²) in [7, 11) is 1.59. The first-order valence-corrected chi connectivity index (χ1v) is 7.00. The molecule has 5 nitrogen and oxygen atoms in total. The fourth-order valence-corrected chi connectivity index (χ4v) is 2.55. The molecule has 0 atom stereocenters. The van der Waals surface area contributed by atoms with Gasteiger partial charge in [0.1, 0.15) is 11.5 Å². The lowest BCUT2D eigenvalue weighted by atomic mass is 10.1. The van der Waals surface area contributed by atoms with Gasteiger partial charge in [-0.25, -0.2) is 4.85 Å². The van der Waals surface area contributed by atoms with Crippen LogP contribution in [-0.4, -0.2) is 16.8 Å². The number of nitrogens with zero attached hydrogens (tertiary/aromatic N) is 2. The van der Waals surface area contributed by atoms with Gasteiger partial charge in [-0.05, 0) is 23.8 Å². The van der Waals surface area contributed by atoms with E-state index in [1.54, 1.807) is 31.4 Å². The number of hydrogen-bond acceptors (Lipinski definition) is 3. The summed E-state index contributed by atoms with van der Waals surface area (Å²) < 4.78 is 6.63. The minimum absolute atomic E-state index is 0.253. The molecule has 0 spiro atoms. The van der Waals surface area contributed by atoms with Crippen molar-refractivity contribution < 1.29 is 9.84 Å². The number of para-hydroxylation sites is 1. The normalized spacial score (nSPS) is 10.4. The van der Waals surface area contributed by atoms with Gasteiger partial charge >= 0.3 is 0 Å². The van der Waals surface area contributed by atoms with Crippen molar-refractivity contribution in [3.05, 3.63) is 75.9 Å². The van der Waals surface area contributed by atoms with Crippen molar-refractivity contribution in [2.75, 3.05) is 7.11 Å². The quantitative estimate of drug-likeness (QED) is 0.755. The van der Waals surface area contributed by atoms with Crippen molar-refractivity contribution in [3.8, 4) is 11.5 Å². The molecule has 1 N–H and O–H groups in total. The Labute approximate surface area is 132 Å². The predicted molar refractivity (Wildman–Crippen MR) is 88.2 cm³/mol. The summed E-state index contributed by atoms with van der Waals surface area (Å²) in [5.74, 6) is 0.477. The lowest BCUT2D eigenvalue weighted by Crippen LogP contribution is -2.20. The molecular formula is C18H14N2O3. The van der Waals surface area contributed by atoms with E-state index in [9.17, 15) is 9.90 Å². The maximum absolute atomic E-state index is 12.5. The summed E-state index contributed by atoms with van der Waals surface area (Å²) >= 11 is 0. The van der Waals surface area contributed by atoms with Gasteiger partial charge < -0.3 is 14.4 Å². The van der Waals surface area contributed by atoms with Crippen LogP contribution in [0.5, 0.6) is 11.5 Å². The first kappa shape index (κ1) is 14.7. The van der Waals surface area contributed by atoms with Crippen LogP contribution < -0.4 is 10.3 Å². The maximum atomic E-state index is 12.5. The monoisotopic (exact) mass is 306 g/mol. The number of aromatic nitrogens is 1. The van der Waals surface area contributed by atoms with E-state index < -0.39 is 5.56 Å². The molecule has 5 heteroatoms. The van der Waals surface area contributed by atoms with Gasteiger partial charge in [-0.15, -0.1) is 0 Å². The SMILES string of the molecule is [C-]#[N+]c1c(O)c2ccccc2n(Cc2ccc(OC)cc2)c1=O. The van der Waals surface area contributed by atoms with Gasteiger partial charge in [-0.2, -0.15) is 0 Å². The number of ether oxygens (including phenoxy) is 1. The van der Waals surface area contributed by atoms with E-state index in [0.29, 0.717) is 17.4 Å². The Bertz CT molecular complexity index is 966. The molecule has 0 radical (unpaired) electrons. The smallest absolute Gasteiger partial charge is 0.291 e. The Kier molecular flexibility index (Phi) is 3.73. The molecule has 2 aromatic carbocycles. The van der Waals surface area contributed by atoms with E-state index in [2.05, 4.69) is 4.85 Å². The molecule has 0 aliphatic rings. The average molecular weight is 306 g/mol. The molecule has 23 heavy (non-hydrogen) atoms. The Balaban J connectivity index is 2.20. The zero-order valence-corrected chi connectivity index (χ0v) is 12.5.